The molecule has 0 aliphatic carbocycles. The molecule has 0 saturated carbocycles. The first-order valence-corrected chi connectivity index (χ1v) is 3.00. The number of fused-ring (bicyclic) bond motifs is 1. The number of carbonyl (C=O) groups is 1. The Hall–Kier alpha value is -1.39. The molecule has 0 saturated heterocycles. The van der Waals surface area contributed by atoms with Crippen LogP contribution in [0.4, 0.5) is 0 Å². The average molecular weight is 138 g/mol. The van der Waals surface area contributed by atoms with Gasteiger partial charge < -0.3 is 5.32 Å². The van der Waals surface area contributed by atoms with Crippen molar-refractivity contribution in [1.82, 2.24) is 20.3 Å². The van der Waals surface area contributed by atoms with Crippen LogP contribution in [0.2, 0.25) is 0 Å². The fourth-order valence-electron chi connectivity index (χ4n) is 0.930. The molecule has 0 aromatic carbocycles. The molecule has 0 fully saturated rings. The number of hydrogen-bond acceptors (Lipinski definition) is 3. The monoisotopic (exact) mass is 138 g/mol. The highest BCUT2D eigenvalue weighted by Gasteiger charge is 2.13. The number of rotatable bonds is 0. The molecule has 0 spiro atoms. The number of aromatic nitrogens is 3. The fourth-order valence-corrected chi connectivity index (χ4v) is 0.930. The van der Waals surface area contributed by atoms with E-state index in [-0.39, 0.29) is 5.91 Å². The lowest BCUT2D eigenvalue weighted by Crippen LogP contribution is -2.34. The molecular formula is C5H6N4O. The molecule has 1 amide bonds. The first-order valence-electron chi connectivity index (χ1n) is 3.00. The van der Waals surface area contributed by atoms with Gasteiger partial charge >= 0.3 is 0 Å². The molecule has 0 bridgehead atoms. The third-order valence-corrected chi connectivity index (χ3v) is 1.46. The Labute approximate surface area is 57.0 Å². The normalized spacial score (nSPS) is 16.2. The molecule has 52 valence electrons. The van der Waals surface area contributed by atoms with Crippen molar-refractivity contribution in [3.8, 4) is 0 Å². The van der Waals surface area contributed by atoms with E-state index < -0.39 is 0 Å². The van der Waals surface area contributed by atoms with Gasteiger partial charge in [0.05, 0.1) is 18.4 Å². The molecule has 5 nitrogen and oxygen atoms in total. The highest BCUT2D eigenvalue weighted by atomic mass is 16.2. The Morgan fingerprint density at radius 1 is 1.70 bits per heavy atom. The van der Waals surface area contributed by atoms with Gasteiger partial charge in [0.15, 0.2) is 0 Å². The molecule has 10 heavy (non-hydrogen) atoms. The van der Waals surface area contributed by atoms with E-state index in [9.17, 15) is 4.79 Å². The van der Waals surface area contributed by atoms with Gasteiger partial charge in [-0.3, -0.25) is 4.79 Å². The minimum Gasteiger partial charge on any atom is -0.349 e. The van der Waals surface area contributed by atoms with Gasteiger partial charge in [-0.15, -0.1) is 5.10 Å². The highest BCUT2D eigenvalue weighted by Crippen LogP contribution is 1.99. The van der Waals surface area contributed by atoms with Crippen molar-refractivity contribution in [2.24, 2.45) is 0 Å². The minimum absolute atomic E-state index is 0.00185. The summed E-state index contributed by atoms with van der Waals surface area (Å²) in [5.41, 5.74) is 0.958. The zero-order valence-corrected chi connectivity index (χ0v) is 5.24. The second-order valence-corrected chi connectivity index (χ2v) is 2.16. The maximum Gasteiger partial charge on any atom is 0.242 e. The van der Waals surface area contributed by atoms with Crippen LogP contribution in [0.15, 0.2) is 6.20 Å². The van der Waals surface area contributed by atoms with E-state index in [0.29, 0.717) is 13.1 Å². The fraction of sp³-hybridized carbons (Fsp3) is 0.400. The first-order chi connectivity index (χ1) is 4.86. The summed E-state index contributed by atoms with van der Waals surface area (Å²) in [6, 6.07) is 0. The summed E-state index contributed by atoms with van der Waals surface area (Å²) in [5, 5.41) is 10.1. The zero-order chi connectivity index (χ0) is 6.97. The van der Waals surface area contributed by atoms with E-state index in [1.807, 2.05) is 0 Å². The number of nitrogens with one attached hydrogen (secondary N) is 1. The van der Waals surface area contributed by atoms with Crippen molar-refractivity contribution in [2.45, 2.75) is 13.1 Å². The molecule has 0 unspecified atom stereocenters. The maximum absolute atomic E-state index is 10.7. The van der Waals surface area contributed by atoms with Crippen LogP contribution in [-0.4, -0.2) is 20.9 Å². The number of hydrogen-bond donors (Lipinski definition) is 1. The molecule has 1 aromatic heterocycles. The predicted octanol–water partition coefficient (Wildman–Crippen LogP) is -1.09. The Kier molecular flexibility index (Phi) is 0.969. The van der Waals surface area contributed by atoms with Crippen LogP contribution in [0.1, 0.15) is 5.69 Å². The van der Waals surface area contributed by atoms with E-state index in [1.165, 1.54) is 0 Å². The summed E-state index contributed by atoms with van der Waals surface area (Å²) < 4.78 is 1.60. The largest absolute Gasteiger partial charge is 0.349 e. The van der Waals surface area contributed by atoms with Crippen LogP contribution in [0, 0.1) is 0 Å². The summed E-state index contributed by atoms with van der Waals surface area (Å²) in [7, 11) is 0. The van der Waals surface area contributed by atoms with Crippen LogP contribution >= 0.6 is 0 Å². The van der Waals surface area contributed by atoms with Gasteiger partial charge in [0.25, 0.3) is 0 Å². The molecule has 1 aromatic rings. The Morgan fingerprint density at radius 3 is 3.50 bits per heavy atom. The molecule has 1 aliphatic rings. The van der Waals surface area contributed by atoms with Gasteiger partial charge in [-0.25, -0.2) is 4.68 Å². The molecule has 1 N–H and O–H groups in total. The van der Waals surface area contributed by atoms with Gasteiger partial charge in [-0.2, -0.15) is 0 Å². The zero-order valence-electron chi connectivity index (χ0n) is 5.24. The molecular weight excluding hydrogens is 132 g/mol. The molecule has 2 heterocycles. The first kappa shape index (κ1) is 5.40. The number of nitrogens with zero attached hydrogens (tertiary/aromatic N) is 3. The van der Waals surface area contributed by atoms with Crippen molar-refractivity contribution in [3.05, 3.63) is 11.9 Å². The summed E-state index contributed by atoms with van der Waals surface area (Å²) in [6.07, 6.45) is 1.65. The molecule has 5 heteroatoms. The van der Waals surface area contributed by atoms with Crippen LogP contribution < -0.4 is 5.32 Å². The van der Waals surface area contributed by atoms with Crippen molar-refractivity contribution in [3.63, 3.8) is 0 Å². The Morgan fingerprint density at radius 2 is 2.60 bits per heavy atom. The smallest absolute Gasteiger partial charge is 0.242 e. The third-order valence-electron chi connectivity index (χ3n) is 1.46. The van der Waals surface area contributed by atoms with E-state index in [2.05, 4.69) is 15.6 Å². The van der Waals surface area contributed by atoms with Crippen LogP contribution in [0.5, 0.6) is 0 Å². The van der Waals surface area contributed by atoms with Gasteiger partial charge in [-0.05, 0) is 0 Å². The maximum atomic E-state index is 10.7. The van der Waals surface area contributed by atoms with Crippen LogP contribution in [0.3, 0.4) is 0 Å². The van der Waals surface area contributed by atoms with Crippen molar-refractivity contribution >= 4 is 5.91 Å². The van der Waals surface area contributed by atoms with Crippen LogP contribution in [0.25, 0.3) is 0 Å². The lowest BCUT2D eigenvalue weighted by Gasteiger charge is -2.12. The predicted molar refractivity (Wildman–Crippen MR) is 31.9 cm³/mol. The third kappa shape index (κ3) is 0.671. The summed E-state index contributed by atoms with van der Waals surface area (Å²) in [5.74, 6) is -0.00185. The average Bonchev–Trinajstić information content (AvgIpc) is 2.33. The van der Waals surface area contributed by atoms with E-state index >= 15 is 0 Å². The van der Waals surface area contributed by atoms with Gasteiger partial charge in [0.1, 0.15) is 6.54 Å². The van der Waals surface area contributed by atoms with Crippen LogP contribution in [-0.2, 0) is 17.9 Å². The summed E-state index contributed by atoms with van der Waals surface area (Å²) in [4.78, 5) is 10.7. The van der Waals surface area contributed by atoms with E-state index in [4.69, 9.17) is 0 Å². The quantitative estimate of drug-likeness (QED) is 0.495. The molecule has 1 aliphatic heterocycles. The van der Waals surface area contributed by atoms with Crippen molar-refractivity contribution in [2.75, 3.05) is 0 Å². The van der Waals surface area contributed by atoms with Crippen molar-refractivity contribution < 1.29 is 4.79 Å². The van der Waals surface area contributed by atoms with E-state index in [1.54, 1.807) is 10.9 Å². The SMILES string of the molecule is O=C1Cn2nncc2CN1. The standard InChI is InChI=1S/C5H6N4O/c10-5-3-9-4(1-6-5)2-7-8-9/h2H,1,3H2,(H,6,10). The Balaban J connectivity index is 2.39. The molecule has 2 rings (SSSR count). The topological polar surface area (TPSA) is 59.8 Å². The van der Waals surface area contributed by atoms with Gasteiger partial charge in [0.2, 0.25) is 5.91 Å². The molecule has 0 atom stereocenters. The van der Waals surface area contributed by atoms with E-state index in [0.717, 1.165) is 5.69 Å². The van der Waals surface area contributed by atoms with Gasteiger partial charge in [-0.1, -0.05) is 5.21 Å². The lowest BCUT2D eigenvalue weighted by atomic mass is 10.4. The summed E-state index contributed by atoms with van der Waals surface area (Å²) >= 11 is 0. The Bertz CT molecular complexity index is 266. The minimum atomic E-state index is -0.00185. The second kappa shape index (κ2) is 1.80. The van der Waals surface area contributed by atoms with Gasteiger partial charge in [0, 0.05) is 0 Å². The molecule has 0 radical (unpaired) electrons. The summed E-state index contributed by atoms with van der Waals surface area (Å²) in [6.45, 7) is 0.848. The van der Waals surface area contributed by atoms with Crippen molar-refractivity contribution in [1.29, 1.82) is 0 Å². The number of amides is 1. The second-order valence-electron chi connectivity index (χ2n) is 2.16. The lowest BCUT2D eigenvalue weighted by molar-refractivity contribution is -0.122. The number of carbonyl (C=O) groups excluding carboxylic acids is 1. The highest BCUT2D eigenvalue weighted by molar-refractivity contribution is 5.76.